The molecule has 4 atom stereocenters. The summed E-state index contributed by atoms with van der Waals surface area (Å²) in [6.07, 6.45) is 0. The Labute approximate surface area is 762 Å². The van der Waals surface area contributed by atoms with Crippen LogP contribution in [-0.4, -0.2) is 34.5 Å². The second-order valence-corrected chi connectivity index (χ2v) is 35.2. The third-order valence-electron chi connectivity index (χ3n) is 28.8. The highest BCUT2D eigenvalue weighted by molar-refractivity contribution is 6.11. The number of aromatic nitrogens is 7. The molecule has 0 spiro atoms. The van der Waals surface area contributed by atoms with Crippen molar-refractivity contribution >= 4 is 43.7 Å². The van der Waals surface area contributed by atoms with E-state index in [-0.39, 0.29) is 0 Å². The molecule has 8 heteroatoms. The van der Waals surface area contributed by atoms with E-state index in [0.29, 0.717) is 34.9 Å². The summed E-state index contributed by atoms with van der Waals surface area (Å²) in [6, 6.07) is 171. The molecule has 132 heavy (non-hydrogen) atoms. The third kappa shape index (κ3) is 10.7. The van der Waals surface area contributed by atoms with Crippen molar-refractivity contribution in [2.45, 2.75) is 21.7 Å². The van der Waals surface area contributed by atoms with E-state index in [0.717, 1.165) is 111 Å². The van der Waals surface area contributed by atoms with E-state index in [2.05, 4.69) is 447 Å². The second-order valence-electron chi connectivity index (χ2n) is 35.2. The summed E-state index contributed by atoms with van der Waals surface area (Å²) in [5.74, 6) is 3.41. The van der Waals surface area contributed by atoms with Crippen LogP contribution < -0.4 is 0 Å². The Bertz CT molecular complexity index is 8640. The standard InChI is InChI=1S/C124H77N7O/c1-7-33-79(34-8-1)115-126-119(83-68-73-110-98(76-83)92-46-21-29-59-109(92)131(110)90-43-17-6-18-44-90)130-120(129-115)96-48-20-24-52-101(96)122(86-37-11-3-12-38-86)104-54-26-28-56-106(104)124(88-41-15-5-16-42-88)102-72-67-82(75-97(102)95-50-32-58-108(122)114(95)124)78-61-63-80(64-62-78)116-125-117(128-118(127-116)84-69-74-112-99(77-84)93-47-22-30-60-111(93)132-112)81-65-70-89(71-66-81)121(85-35-9-2-10-36-85)103-53-25-27-55-105(103)123(87-39-13-4-14-40-87)100-51-23-19-45-91(100)94-49-31-57-107(121)113(94)123/h1-77H. The molecule has 0 aliphatic heterocycles. The zero-order chi connectivity index (χ0) is 86.8. The number of hydrogen-bond acceptors (Lipinski definition) is 7. The van der Waals surface area contributed by atoms with E-state index >= 15 is 0 Å². The lowest BCUT2D eigenvalue weighted by Crippen LogP contribution is -2.44. The molecule has 0 saturated carbocycles. The van der Waals surface area contributed by atoms with Crippen LogP contribution in [0.4, 0.5) is 0 Å². The maximum absolute atomic E-state index is 6.43. The van der Waals surface area contributed by atoms with Gasteiger partial charge in [-0.15, -0.1) is 0 Å². The maximum Gasteiger partial charge on any atom is 0.164 e. The largest absolute Gasteiger partial charge is 0.456 e. The van der Waals surface area contributed by atoms with Crippen LogP contribution in [0.3, 0.4) is 0 Å². The van der Waals surface area contributed by atoms with Crippen LogP contribution in [0.15, 0.2) is 472 Å². The number of furan rings is 1. The molecule has 4 aliphatic carbocycles. The Kier molecular flexibility index (Phi) is 16.6. The summed E-state index contributed by atoms with van der Waals surface area (Å²) in [4.78, 5) is 33.2. The molecule has 27 rings (SSSR count). The number of fused-ring (bicyclic) bond motifs is 16. The molecule has 0 amide bonds. The van der Waals surface area contributed by atoms with E-state index in [1.165, 1.54) is 94.6 Å². The molecular weight excluding hydrogens is 1600 g/mol. The van der Waals surface area contributed by atoms with Gasteiger partial charge in [-0.1, -0.05) is 400 Å². The molecule has 23 aromatic rings. The molecule has 0 bridgehead atoms. The van der Waals surface area contributed by atoms with Gasteiger partial charge < -0.3 is 8.98 Å². The quantitative estimate of drug-likeness (QED) is 0.107. The number of rotatable bonds is 14. The molecule has 0 radical (unpaired) electrons. The summed E-state index contributed by atoms with van der Waals surface area (Å²) in [5, 5.41) is 4.28. The first-order valence-corrected chi connectivity index (χ1v) is 45.3. The molecule has 0 N–H and O–H groups in total. The van der Waals surface area contributed by atoms with Crippen molar-refractivity contribution in [3.05, 3.63) is 556 Å². The van der Waals surface area contributed by atoms with Crippen molar-refractivity contribution in [2.24, 2.45) is 0 Å². The van der Waals surface area contributed by atoms with Gasteiger partial charge in [-0.05, 0) is 189 Å². The van der Waals surface area contributed by atoms with E-state index < -0.39 is 21.7 Å². The van der Waals surface area contributed by atoms with E-state index in [1.807, 2.05) is 24.3 Å². The Hall–Kier alpha value is -17.2. The lowest BCUT2D eigenvalue weighted by atomic mass is 9.51. The fraction of sp³-hybridized carbons (Fsp3) is 0.0323. The molecule has 0 fully saturated rings. The minimum atomic E-state index is -0.948. The Morgan fingerprint density at radius 1 is 0.174 bits per heavy atom. The Morgan fingerprint density at radius 3 is 1.11 bits per heavy atom. The maximum atomic E-state index is 6.43. The average molecular weight is 1680 g/mol. The molecule has 614 valence electrons. The normalized spacial score (nSPS) is 16.9. The summed E-state index contributed by atoms with van der Waals surface area (Å²) in [7, 11) is 0. The number of nitrogens with zero attached hydrogens (tertiary/aromatic N) is 7. The molecule has 4 heterocycles. The van der Waals surface area contributed by atoms with Crippen LogP contribution in [-0.2, 0) is 21.7 Å². The van der Waals surface area contributed by atoms with Gasteiger partial charge in [-0.25, -0.2) is 29.9 Å². The fourth-order valence-corrected chi connectivity index (χ4v) is 23.5. The van der Waals surface area contributed by atoms with Crippen molar-refractivity contribution in [3.63, 3.8) is 0 Å². The summed E-state index contributed by atoms with van der Waals surface area (Å²) < 4.78 is 8.78. The fourth-order valence-electron chi connectivity index (χ4n) is 23.5. The topological polar surface area (TPSA) is 95.4 Å². The van der Waals surface area contributed by atoms with Crippen molar-refractivity contribution in [3.8, 4) is 107 Å². The zero-order valence-corrected chi connectivity index (χ0v) is 71.5. The molecule has 8 nitrogen and oxygen atoms in total. The van der Waals surface area contributed by atoms with E-state index in [1.54, 1.807) is 0 Å². The SMILES string of the molecule is c1ccc(-c2nc(-c3ccc4c(c3)c3ccccc3n4-c3ccccc3)nc(-c3ccccc3C3(c4ccccc4)c4ccccc4C4(c5ccccc5)c5ccc(-c6ccc(-c7nc(-c8ccc(C9(c%10ccccc%10)c%10ccccc%10C%10(c%11ccccc%11)c%11ccccc%11-c%11cccc9c%11%10)cc8)nc(-c8ccc9oc%10ccccc%10c9c8)n7)cc6)cc5-c5cccc3c54)n2)cc1. The Balaban J connectivity index is 0.605. The molecular formula is C124H77N7O. The van der Waals surface area contributed by atoms with Gasteiger partial charge in [-0.3, -0.25) is 0 Å². The number of benzene rings is 19. The number of para-hydroxylation sites is 3. The molecule has 4 aromatic heterocycles. The first kappa shape index (κ1) is 75.0. The summed E-state index contributed by atoms with van der Waals surface area (Å²) in [5.41, 5.74) is 33.5. The van der Waals surface area contributed by atoms with Gasteiger partial charge in [0, 0.05) is 60.6 Å². The van der Waals surface area contributed by atoms with E-state index in [4.69, 9.17) is 34.3 Å². The van der Waals surface area contributed by atoms with Gasteiger partial charge in [0.1, 0.15) is 11.2 Å². The molecule has 19 aromatic carbocycles. The summed E-state index contributed by atoms with van der Waals surface area (Å²) >= 11 is 0. The van der Waals surface area contributed by atoms with Crippen molar-refractivity contribution in [2.75, 3.05) is 0 Å². The highest BCUT2D eigenvalue weighted by atomic mass is 16.3. The lowest BCUT2D eigenvalue weighted by molar-refractivity contribution is 0.627. The first-order valence-electron chi connectivity index (χ1n) is 45.3. The minimum Gasteiger partial charge on any atom is -0.456 e. The van der Waals surface area contributed by atoms with Crippen molar-refractivity contribution < 1.29 is 4.42 Å². The third-order valence-corrected chi connectivity index (χ3v) is 28.8. The van der Waals surface area contributed by atoms with Crippen LogP contribution in [0.2, 0.25) is 0 Å². The monoisotopic (exact) mass is 1680 g/mol. The highest BCUT2D eigenvalue weighted by Crippen LogP contribution is 2.69. The average Bonchev–Trinajstić information content (AvgIpc) is 1.45. The van der Waals surface area contributed by atoms with Crippen LogP contribution >= 0.6 is 0 Å². The second kappa shape index (κ2) is 29.2. The Morgan fingerprint density at radius 2 is 0.523 bits per heavy atom. The molecule has 4 unspecified atom stereocenters. The highest BCUT2D eigenvalue weighted by Gasteiger charge is 2.60. The van der Waals surface area contributed by atoms with Crippen LogP contribution in [0.5, 0.6) is 0 Å². The van der Waals surface area contributed by atoms with E-state index in [9.17, 15) is 0 Å². The molecule has 0 saturated heterocycles. The minimum absolute atomic E-state index is 0.553. The first-order chi connectivity index (χ1) is 65.4. The smallest absolute Gasteiger partial charge is 0.164 e. The van der Waals surface area contributed by atoms with Gasteiger partial charge in [0.25, 0.3) is 0 Å². The van der Waals surface area contributed by atoms with Gasteiger partial charge in [0.05, 0.1) is 32.7 Å². The lowest BCUT2D eigenvalue weighted by Gasteiger charge is -2.50. The summed E-state index contributed by atoms with van der Waals surface area (Å²) in [6.45, 7) is 0. The van der Waals surface area contributed by atoms with Gasteiger partial charge in [-0.2, -0.15) is 0 Å². The van der Waals surface area contributed by atoms with Gasteiger partial charge >= 0.3 is 0 Å². The van der Waals surface area contributed by atoms with Crippen molar-refractivity contribution in [1.82, 2.24) is 34.5 Å². The molecule has 4 aliphatic rings. The number of hydrogen-bond donors (Lipinski definition) is 0. The van der Waals surface area contributed by atoms with Crippen LogP contribution in [0.25, 0.3) is 151 Å². The van der Waals surface area contributed by atoms with Gasteiger partial charge in [0.15, 0.2) is 34.9 Å². The van der Waals surface area contributed by atoms with Crippen LogP contribution in [0, 0.1) is 0 Å². The predicted molar refractivity (Wildman–Crippen MR) is 531 cm³/mol. The predicted octanol–water partition coefficient (Wildman–Crippen LogP) is 28.8. The van der Waals surface area contributed by atoms with Crippen LogP contribution in [0.1, 0.15) is 89.0 Å². The van der Waals surface area contributed by atoms with Crippen molar-refractivity contribution in [1.29, 1.82) is 0 Å². The zero-order valence-electron chi connectivity index (χ0n) is 71.5. The van der Waals surface area contributed by atoms with Gasteiger partial charge in [0.2, 0.25) is 0 Å².